The van der Waals surface area contributed by atoms with Gasteiger partial charge in [0.15, 0.2) is 0 Å². The molecule has 1 aliphatic heterocycles. The maximum atomic E-state index is 11.8. The van der Waals surface area contributed by atoms with Gasteiger partial charge in [0.1, 0.15) is 11.5 Å². The fourth-order valence-corrected chi connectivity index (χ4v) is 2.37. The zero-order valence-electron chi connectivity index (χ0n) is 11.2. The zero-order chi connectivity index (χ0) is 14.0. The van der Waals surface area contributed by atoms with Crippen molar-refractivity contribution in [3.63, 3.8) is 0 Å². The van der Waals surface area contributed by atoms with Gasteiger partial charge >= 0.3 is 5.69 Å². The van der Waals surface area contributed by atoms with Gasteiger partial charge in [0.05, 0.1) is 6.10 Å². The van der Waals surface area contributed by atoms with E-state index in [1.165, 1.54) is 4.57 Å². The van der Waals surface area contributed by atoms with Gasteiger partial charge in [-0.3, -0.25) is 14.3 Å². The standard InChI is InChI=1S/C12H20N4O3/c1-3-16-10(13)9(11(17)15-12(16)18)14-8-4-5-19-7(2)6-8/h7-8,14H,3-6,13H2,1-2H3,(H,15,17,18). The van der Waals surface area contributed by atoms with Gasteiger partial charge in [0.25, 0.3) is 5.56 Å². The van der Waals surface area contributed by atoms with E-state index in [4.69, 9.17) is 10.5 Å². The highest BCUT2D eigenvalue weighted by Gasteiger charge is 2.21. The number of nitrogens with zero attached hydrogens (tertiary/aromatic N) is 1. The molecule has 0 aromatic carbocycles. The summed E-state index contributed by atoms with van der Waals surface area (Å²) in [7, 11) is 0. The molecule has 1 fully saturated rings. The first-order valence-corrected chi connectivity index (χ1v) is 6.53. The largest absolute Gasteiger partial charge is 0.383 e. The Bertz CT molecular complexity index is 563. The Labute approximate surface area is 110 Å². The molecule has 2 heterocycles. The van der Waals surface area contributed by atoms with Crippen molar-refractivity contribution >= 4 is 11.5 Å². The summed E-state index contributed by atoms with van der Waals surface area (Å²) in [5, 5.41) is 3.14. The number of nitrogen functional groups attached to an aromatic ring is 1. The van der Waals surface area contributed by atoms with E-state index in [1.54, 1.807) is 6.92 Å². The lowest BCUT2D eigenvalue weighted by Crippen LogP contribution is -2.38. The van der Waals surface area contributed by atoms with Gasteiger partial charge in [-0.1, -0.05) is 0 Å². The van der Waals surface area contributed by atoms with Crippen LogP contribution in [0.2, 0.25) is 0 Å². The molecule has 1 saturated heterocycles. The molecule has 2 unspecified atom stereocenters. The van der Waals surface area contributed by atoms with Crippen LogP contribution in [0.3, 0.4) is 0 Å². The lowest BCUT2D eigenvalue weighted by molar-refractivity contribution is 0.0232. The summed E-state index contributed by atoms with van der Waals surface area (Å²) in [6.45, 7) is 4.87. The predicted octanol–water partition coefficient (Wildman–Crippen LogP) is 0.118. The molecule has 7 heteroatoms. The molecule has 4 N–H and O–H groups in total. The second-order valence-corrected chi connectivity index (χ2v) is 4.81. The first kappa shape index (κ1) is 13.7. The summed E-state index contributed by atoms with van der Waals surface area (Å²) in [6.07, 6.45) is 1.78. The smallest absolute Gasteiger partial charge is 0.330 e. The monoisotopic (exact) mass is 268 g/mol. The Kier molecular flexibility index (Phi) is 3.94. The third-order valence-electron chi connectivity index (χ3n) is 3.39. The average molecular weight is 268 g/mol. The molecule has 0 radical (unpaired) electrons. The summed E-state index contributed by atoms with van der Waals surface area (Å²) in [5.41, 5.74) is 5.23. The minimum Gasteiger partial charge on any atom is -0.383 e. The number of ether oxygens (including phenoxy) is 1. The number of nitrogens with two attached hydrogens (primary N) is 1. The van der Waals surface area contributed by atoms with Gasteiger partial charge in [-0.25, -0.2) is 4.79 Å². The highest BCUT2D eigenvalue weighted by molar-refractivity contribution is 5.60. The topological polar surface area (TPSA) is 102 Å². The minimum atomic E-state index is -0.476. The van der Waals surface area contributed by atoms with E-state index < -0.39 is 11.2 Å². The first-order valence-electron chi connectivity index (χ1n) is 6.53. The van der Waals surface area contributed by atoms with E-state index >= 15 is 0 Å². The van der Waals surface area contributed by atoms with E-state index in [9.17, 15) is 9.59 Å². The number of aromatic nitrogens is 2. The summed E-state index contributed by atoms with van der Waals surface area (Å²) in [6, 6.07) is 0.134. The Morgan fingerprint density at radius 1 is 1.53 bits per heavy atom. The second-order valence-electron chi connectivity index (χ2n) is 4.81. The van der Waals surface area contributed by atoms with Gasteiger partial charge in [-0.2, -0.15) is 0 Å². The van der Waals surface area contributed by atoms with Crippen molar-refractivity contribution in [1.29, 1.82) is 0 Å². The van der Waals surface area contributed by atoms with Crippen LogP contribution in [-0.4, -0.2) is 28.3 Å². The normalized spacial score (nSPS) is 23.3. The Hall–Kier alpha value is -1.76. The minimum absolute atomic E-state index is 0.134. The molecule has 1 aromatic rings. The van der Waals surface area contributed by atoms with Crippen LogP contribution in [0.15, 0.2) is 9.59 Å². The molecule has 0 bridgehead atoms. The van der Waals surface area contributed by atoms with Crippen LogP contribution in [0, 0.1) is 0 Å². The maximum absolute atomic E-state index is 11.8. The fraction of sp³-hybridized carbons (Fsp3) is 0.667. The molecule has 106 valence electrons. The number of nitrogens with one attached hydrogen (secondary N) is 2. The van der Waals surface area contributed by atoms with Gasteiger partial charge < -0.3 is 15.8 Å². The Morgan fingerprint density at radius 2 is 2.26 bits per heavy atom. The van der Waals surface area contributed by atoms with Gasteiger partial charge in [0.2, 0.25) is 0 Å². The van der Waals surface area contributed by atoms with E-state index in [0.29, 0.717) is 13.2 Å². The molecule has 2 rings (SSSR count). The van der Waals surface area contributed by atoms with Crippen LogP contribution < -0.4 is 22.3 Å². The molecule has 2 atom stereocenters. The van der Waals surface area contributed by atoms with E-state index in [1.807, 2.05) is 6.92 Å². The predicted molar refractivity (Wildman–Crippen MR) is 73.5 cm³/mol. The number of rotatable bonds is 3. The van der Waals surface area contributed by atoms with Crippen molar-refractivity contribution in [2.75, 3.05) is 17.7 Å². The Balaban J connectivity index is 2.29. The molecule has 7 nitrogen and oxygen atoms in total. The van der Waals surface area contributed by atoms with Crippen LogP contribution in [0.25, 0.3) is 0 Å². The van der Waals surface area contributed by atoms with Crippen molar-refractivity contribution in [2.45, 2.75) is 45.4 Å². The number of hydrogen-bond donors (Lipinski definition) is 3. The van der Waals surface area contributed by atoms with Gasteiger partial charge in [-0.15, -0.1) is 0 Å². The molecule has 0 spiro atoms. The Morgan fingerprint density at radius 3 is 2.89 bits per heavy atom. The lowest BCUT2D eigenvalue weighted by atomic mass is 10.0. The molecule has 1 aromatic heterocycles. The van der Waals surface area contributed by atoms with Crippen molar-refractivity contribution in [3.8, 4) is 0 Å². The summed E-state index contributed by atoms with van der Waals surface area (Å²) >= 11 is 0. The van der Waals surface area contributed by atoms with Crippen LogP contribution in [0.1, 0.15) is 26.7 Å². The third-order valence-corrected chi connectivity index (χ3v) is 3.39. The highest BCUT2D eigenvalue weighted by atomic mass is 16.5. The quantitative estimate of drug-likeness (QED) is 0.722. The summed E-state index contributed by atoms with van der Waals surface area (Å²) in [5.74, 6) is 0.190. The van der Waals surface area contributed by atoms with Crippen molar-refractivity contribution in [3.05, 3.63) is 20.8 Å². The van der Waals surface area contributed by atoms with Crippen LogP contribution in [-0.2, 0) is 11.3 Å². The van der Waals surface area contributed by atoms with Gasteiger partial charge in [-0.05, 0) is 26.7 Å². The SMILES string of the molecule is CCn1c(N)c(NC2CCOC(C)C2)c(=O)[nH]c1=O. The van der Waals surface area contributed by atoms with Crippen LogP contribution in [0.5, 0.6) is 0 Å². The molecule has 19 heavy (non-hydrogen) atoms. The number of aromatic amines is 1. The summed E-state index contributed by atoms with van der Waals surface area (Å²) in [4.78, 5) is 25.7. The lowest BCUT2D eigenvalue weighted by Gasteiger charge is -2.28. The van der Waals surface area contributed by atoms with Crippen molar-refractivity contribution < 1.29 is 4.74 Å². The first-order chi connectivity index (χ1) is 9.02. The third kappa shape index (κ3) is 2.81. The molecular formula is C12H20N4O3. The summed E-state index contributed by atoms with van der Waals surface area (Å²) < 4.78 is 6.80. The zero-order valence-corrected chi connectivity index (χ0v) is 11.2. The van der Waals surface area contributed by atoms with Crippen molar-refractivity contribution in [1.82, 2.24) is 9.55 Å². The number of H-pyrrole nitrogens is 1. The maximum Gasteiger partial charge on any atom is 0.330 e. The van der Waals surface area contributed by atoms with E-state index in [-0.39, 0.29) is 23.7 Å². The second kappa shape index (κ2) is 5.48. The van der Waals surface area contributed by atoms with E-state index in [2.05, 4.69) is 10.3 Å². The molecule has 0 aliphatic carbocycles. The fourth-order valence-electron chi connectivity index (χ4n) is 2.37. The van der Waals surface area contributed by atoms with Crippen molar-refractivity contribution in [2.24, 2.45) is 0 Å². The average Bonchev–Trinajstić information content (AvgIpc) is 2.35. The van der Waals surface area contributed by atoms with Gasteiger partial charge in [0, 0.05) is 19.2 Å². The number of hydrogen-bond acceptors (Lipinski definition) is 5. The van der Waals surface area contributed by atoms with Crippen LogP contribution >= 0.6 is 0 Å². The molecule has 0 amide bonds. The molecular weight excluding hydrogens is 248 g/mol. The number of anilines is 2. The molecule has 1 aliphatic rings. The highest BCUT2D eigenvalue weighted by Crippen LogP contribution is 2.19. The van der Waals surface area contributed by atoms with E-state index in [0.717, 1.165) is 12.8 Å². The molecule has 0 saturated carbocycles. The van der Waals surface area contributed by atoms with Crippen LogP contribution in [0.4, 0.5) is 11.5 Å².